The van der Waals surface area contributed by atoms with E-state index in [0.29, 0.717) is 24.0 Å². The van der Waals surface area contributed by atoms with E-state index < -0.39 is 0 Å². The second-order valence-electron chi connectivity index (χ2n) is 7.65. The third kappa shape index (κ3) is 1.09. The fraction of sp³-hybridized carbons (Fsp3) is 0.933. The molecule has 0 amide bonds. The van der Waals surface area contributed by atoms with Crippen molar-refractivity contribution in [2.24, 2.45) is 28.1 Å². The molecule has 3 aliphatic carbocycles. The third-order valence-electron chi connectivity index (χ3n) is 6.42. The van der Waals surface area contributed by atoms with E-state index in [1.54, 1.807) is 0 Å². The number of rotatable bonds is 0. The number of Topliss-reactive ketones (excluding diaryl/α,β-unsaturated/α-hetero) is 1. The van der Waals surface area contributed by atoms with Gasteiger partial charge in [0.2, 0.25) is 0 Å². The summed E-state index contributed by atoms with van der Waals surface area (Å²) in [6, 6.07) is 0. The minimum absolute atomic E-state index is 0.0339. The van der Waals surface area contributed by atoms with Crippen LogP contribution in [-0.4, -0.2) is 17.0 Å². The maximum Gasteiger partial charge on any atom is 0.144 e. The number of ketones is 1. The first-order valence-electron chi connectivity index (χ1n) is 6.98. The van der Waals surface area contributed by atoms with Gasteiger partial charge in [-0.1, -0.05) is 27.7 Å². The molecule has 0 aromatic carbocycles. The number of hydrogen-bond acceptors (Lipinski definition) is 2. The summed E-state index contributed by atoms with van der Waals surface area (Å²) < 4.78 is 0. The molecule has 1 N–H and O–H groups in total. The first kappa shape index (κ1) is 11.7. The van der Waals surface area contributed by atoms with Crippen LogP contribution < -0.4 is 0 Å². The van der Waals surface area contributed by atoms with E-state index in [4.69, 9.17) is 0 Å². The summed E-state index contributed by atoms with van der Waals surface area (Å²) in [6.07, 6.45) is 3.65. The van der Waals surface area contributed by atoms with Crippen molar-refractivity contribution in [2.45, 2.75) is 59.5 Å². The topological polar surface area (TPSA) is 37.3 Å². The van der Waals surface area contributed by atoms with Gasteiger partial charge in [-0.05, 0) is 37.5 Å². The highest BCUT2D eigenvalue weighted by Gasteiger charge is 2.71. The van der Waals surface area contributed by atoms with E-state index in [1.165, 1.54) is 6.42 Å². The van der Waals surface area contributed by atoms with Gasteiger partial charge in [0.05, 0.1) is 6.10 Å². The summed E-state index contributed by atoms with van der Waals surface area (Å²) in [6.45, 7) is 8.58. The van der Waals surface area contributed by atoms with Crippen molar-refractivity contribution in [1.29, 1.82) is 0 Å². The zero-order chi connectivity index (χ0) is 12.6. The zero-order valence-corrected chi connectivity index (χ0v) is 11.4. The van der Waals surface area contributed by atoms with Gasteiger partial charge in [-0.2, -0.15) is 0 Å². The van der Waals surface area contributed by atoms with Crippen molar-refractivity contribution in [3.63, 3.8) is 0 Å². The molecule has 0 radical (unpaired) electrons. The molecule has 2 heteroatoms. The smallest absolute Gasteiger partial charge is 0.144 e. The Labute approximate surface area is 104 Å². The molecular weight excluding hydrogens is 212 g/mol. The molecule has 0 saturated heterocycles. The minimum atomic E-state index is -0.266. The Morgan fingerprint density at radius 1 is 1.24 bits per heavy atom. The summed E-state index contributed by atoms with van der Waals surface area (Å²) >= 11 is 0. The van der Waals surface area contributed by atoms with Crippen LogP contribution in [0, 0.1) is 28.1 Å². The average molecular weight is 236 g/mol. The summed E-state index contributed by atoms with van der Waals surface area (Å²) in [7, 11) is 0. The normalized spacial score (nSPS) is 56.1. The van der Waals surface area contributed by atoms with Crippen LogP contribution in [0.25, 0.3) is 0 Å². The number of carbonyl (C=O) groups is 1. The van der Waals surface area contributed by atoms with Crippen LogP contribution in [0.5, 0.6) is 0 Å². The molecule has 3 saturated carbocycles. The predicted octanol–water partition coefficient (Wildman–Crippen LogP) is 2.79. The highest BCUT2D eigenvalue weighted by atomic mass is 16.3. The molecule has 1 spiro atoms. The fourth-order valence-corrected chi connectivity index (χ4v) is 5.78. The maximum absolute atomic E-state index is 12.7. The molecule has 0 aromatic heterocycles. The Bertz CT molecular complexity index is 386. The Balaban J connectivity index is 2.18. The van der Waals surface area contributed by atoms with Crippen molar-refractivity contribution in [3.05, 3.63) is 0 Å². The van der Waals surface area contributed by atoms with E-state index in [1.807, 2.05) is 0 Å². The summed E-state index contributed by atoms with van der Waals surface area (Å²) in [5.41, 5.74) is -0.473. The van der Waals surface area contributed by atoms with Gasteiger partial charge in [-0.3, -0.25) is 4.79 Å². The monoisotopic (exact) mass is 236 g/mol. The van der Waals surface area contributed by atoms with E-state index in [9.17, 15) is 9.90 Å². The van der Waals surface area contributed by atoms with E-state index in [2.05, 4.69) is 27.7 Å². The first-order chi connectivity index (χ1) is 7.75. The van der Waals surface area contributed by atoms with Crippen LogP contribution in [0.15, 0.2) is 0 Å². The summed E-state index contributed by atoms with van der Waals surface area (Å²) in [5.74, 6) is 1.36. The zero-order valence-electron chi connectivity index (χ0n) is 11.4. The van der Waals surface area contributed by atoms with Crippen molar-refractivity contribution < 1.29 is 9.90 Å². The average Bonchev–Trinajstić information content (AvgIpc) is 2.67. The molecule has 0 heterocycles. The molecule has 96 valence electrons. The number of fused-ring (bicyclic) bond motifs is 1. The molecule has 0 unspecified atom stereocenters. The summed E-state index contributed by atoms with van der Waals surface area (Å²) in [4.78, 5) is 12.7. The standard InChI is InChI=1S/C15H24O2/c1-9-5-6-10-13(2,3)12(17)14(4)7-11(16)15(9,10)8-14/h9-11,16H,5-8H2,1-4H3/t9-,10-,11+,14-,15-/m0/s1. The van der Waals surface area contributed by atoms with Crippen LogP contribution in [0.1, 0.15) is 53.4 Å². The van der Waals surface area contributed by atoms with Gasteiger partial charge < -0.3 is 5.11 Å². The number of hydrogen-bond donors (Lipinski definition) is 1. The number of aliphatic hydroxyl groups excluding tert-OH is 1. The lowest BCUT2D eigenvalue weighted by atomic mass is 9.52. The molecule has 0 aliphatic heterocycles. The quantitative estimate of drug-likeness (QED) is 0.702. The van der Waals surface area contributed by atoms with Gasteiger partial charge in [-0.25, -0.2) is 0 Å². The van der Waals surface area contributed by atoms with Gasteiger partial charge in [0.25, 0.3) is 0 Å². The predicted molar refractivity (Wildman–Crippen MR) is 66.5 cm³/mol. The summed E-state index contributed by atoms with van der Waals surface area (Å²) in [5, 5.41) is 10.6. The van der Waals surface area contributed by atoms with E-state index in [-0.39, 0.29) is 22.3 Å². The highest BCUT2D eigenvalue weighted by molar-refractivity contribution is 5.91. The number of carbonyl (C=O) groups excluding carboxylic acids is 1. The Morgan fingerprint density at radius 3 is 2.53 bits per heavy atom. The molecule has 3 aliphatic rings. The lowest BCUT2D eigenvalue weighted by Crippen LogP contribution is -2.53. The Morgan fingerprint density at radius 2 is 1.88 bits per heavy atom. The molecular formula is C15H24O2. The molecule has 0 aromatic rings. The fourth-order valence-electron chi connectivity index (χ4n) is 5.78. The van der Waals surface area contributed by atoms with Crippen LogP contribution >= 0.6 is 0 Å². The van der Waals surface area contributed by atoms with Crippen molar-refractivity contribution in [3.8, 4) is 0 Å². The first-order valence-corrected chi connectivity index (χ1v) is 6.98. The van der Waals surface area contributed by atoms with E-state index >= 15 is 0 Å². The third-order valence-corrected chi connectivity index (χ3v) is 6.42. The van der Waals surface area contributed by atoms with Crippen LogP contribution in [0.2, 0.25) is 0 Å². The molecule has 5 atom stereocenters. The Hall–Kier alpha value is -0.370. The van der Waals surface area contributed by atoms with Crippen molar-refractivity contribution >= 4 is 5.78 Å². The molecule has 3 rings (SSSR count). The minimum Gasteiger partial charge on any atom is -0.392 e. The van der Waals surface area contributed by atoms with Gasteiger partial charge in [0.1, 0.15) is 5.78 Å². The van der Waals surface area contributed by atoms with E-state index in [0.717, 1.165) is 12.8 Å². The van der Waals surface area contributed by atoms with Crippen LogP contribution in [0.3, 0.4) is 0 Å². The molecule has 2 bridgehead atoms. The molecule has 2 nitrogen and oxygen atoms in total. The maximum atomic E-state index is 12.7. The highest BCUT2D eigenvalue weighted by Crippen LogP contribution is 2.71. The van der Waals surface area contributed by atoms with Gasteiger partial charge in [0.15, 0.2) is 0 Å². The van der Waals surface area contributed by atoms with Crippen molar-refractivity contribution in [2.75, 3.05) is 0 Å². The lowest BCUT2D eigenvalue weighted by molar-refractivity contribution is -0.151. The Kier molecular flexibility index (Phi) is 2.04. The number of aliphatic hydroxyl groups is 1. The molecule has 3 fully saturated rings. The second kappa shape index (κ2) is 2.96. The SMILES string of the molecule is C[C@H]1CC[C@H]2C(C)(C)C(=O)[C@@]3(C)C[C@@H](O)[C@@]12C3. The lowest BCUT2D eigenvalue weighted by Gasteiger charge is -2.51. The van der Waals surface area contributed by atoms with Crippen LogP contribution in [-0.2, 0) is 4.79 Å². The second-order valence-corrected chi connectivity index (χ2v) is 7.65. The van der Waals surface area contributed by atoms with Crippen molar-refractivity contribution in [1.82, 2.24) is 0 Å². The molecule has 17 heavy (non-hydrogen) atoms. The van der Waals surface area contributed by atoms with Gasteiger partial charge >= 0.3 is 0 Å². The van der Waals surface area contributed by atoms with Gasteiger partial charge in [-0.15, -0.1) is 0 Å². The largest absolute Gasteiger partial charge is 0.392 e. The van der Waals surface area contributed by atoms with Crippen LogP contribution in [0.4, 0.5) is 0 Å². The van der Waals surface area contributed by atoms with Gasteiger partial charge in [0, 0.05) is 16.2 Å².